The summed E-state index contributed by atoms with van der Waals surface area (Å²) < 4.78 is 7.71. The first kappa shape index (κ1) is 22.6. The molecule has 2 heterocycles. The molecule has 0 saturated heterocycles. The van der Waals surface area contributed by atoms with Crippen LogP contribution in [0.4, 0.5) is 0 Å². The molecular weight excluding hydrogens is 569 g/mol. The number of rotatable bonds is 6. The monoisotopic (exact) mass is 590 g/mol. The number of carbonyl (C=O) groups excluding carboxylic acids is 1. The molecule has 0 spiro atoms. The predicted molar refractivity (Wildman–Crippen MR) is 114 cm³/mol. The summed E-state index contributed by atoms with van der Waals surface area (Å²) >= 11 is 0. The van der Waals surface area contributed by atoms with E-state index in [1.165, 1.54) is 0 Å². The number of ketones is 1. The van der Waals surface area contributed by atoms with Crippen molar-refractivity contribution in [1.82, 2.24) is 14.5 Å². The number of aromatic nitrogens is 3. The average Bonchev–Trinajstić information content (AvgIpc) is 3.17. The fraction of sp³-hybridized carbons (Fsp3) is 0.160. The van der Waals surface area contributed by atoms with Crippen LogP contribution in [-0.2, 0) is 33.5 Å². The van der Waals surface area contributed by atoms with Gasteiger partial charge in [0.1, 0.15) is 11.6 Å². The zero-order valence-electron chi connectivity index (χ0n) is 17.4. The molecule has 0 aliphatic heterocycles. The molecule has 0 unspecified atom stereocenters. The maximum Gasteiger partial charge on any atom is 2.00 e. The first-order valence-electron chi connectivity index (χ1n) is 9.62. The summed E-state index contributed by atoms with van der Waals surface area (Å²) in [7, 11) is 1.89. The number of hydrogen-bond acceptors (Lipinski definition) is 4. The Morgan fingerprint density at radius 3 is 2.58 bits per heavy atom. The number of carbonyl (C=O) groups is 1. The van der Waals surface area contributed by atoms with Gasteiger partial charge in [0.15, 0.2) is 0 Å². The Labute approximate surface area is 196 Å². The number of nitrogens with zero attached hydrogens (tertiary/aromatic N) is 3. The van der Waals surface area contributed by atoms with E-state index in [1.807, 2.05) is 54.1 Å². The van der Waals surface area contributed by atoms with Crippen molar-refractivity contribution in [2.75, 3.05) is 0 Å². The van der Waals surface area contributed by atoms with Gasteiger partial charge in [-0.05, 0) is 6.07 Å². The van der Waals surface area contributed by atoms with Crippen molar-refractivity contribution in [3.63, 3.8) is 0 Å². The molecule has 6 heteroatoms. The van der Waals surface area contributed by atoms with Crippen molar-refractivity contribution in [1.29, 1.82) is 0 Å². The van der Waals surface area contributed by atoms with E-state index in [0.717, 1.165) is 11.4 Å². The summed E-state index contributed by atoms with van der Waals surface area (Å²) in [5.41, 5.74) is 1.29. The van der Waals surface area contributed by atoms with Gasteiger partial charge in [0.05, 0.1) is 5.69 Å². The minimum Gasteiger partial charge on any atom is -0.466 e. The standard InChI is InChI=1S/C25H21N3O2.Pt/c1-25(2,19-12-9-13-20(16-19)30-22-14-7-8-15-26-22)24-27-21(17-28(24)3)23(29)18-10-5-4-6-11-18;/h4-10,12-15,17H,1-3H3;/q-2;+2. The van der Waals surface area contributed by atoms with Crippen molar-refractivity contribution in [2.24, 2.45) is 7.05 Å². The van der Waals surface area contributed by atoms with Crippen LogP contribution in [0.5, 0.6) is 11.6 Å². The van der Waals surface area contributed by atoms with Gasteiger partial charge in [-0.1, -0.05) is 19.9 Å². The zero-order chi connectivity index (χ0) is 21.1. The van der Waals surface area contributed by atoms with Crippen LogP contribution in [-0.4, -0.2) is 20.3 Å². The number of aryl methyl sites for hydroxylation is 1. The van der Waals surface area contributed by atoms with E-state index in [-0.39, 0.29) is 26.8 Å². The summed E-state index contributed by atoms with van der Waals surface area (Å²) in [6.45, 7) is 4.10. The number of ether oxygens (including phenoxy) is 1. The summed E-state index contributed by atoms with van der Waals surface area (Å²) in [6, 6.07) is 24.6. The topological polar surface area (TPSA) is 57.0 Å². The molecule has 2 aromatic carbocycles. The van der Waals surface area contributed by atoms with Gasteiger partial charge in [-0.15, -0.1) is 53.6 Å². The second kappa shape index (κ2) is 9.40. The smallest absolute Gasteiger partial charge is 0.466 e. The van der Waals surface area contributed by atoms with Crippen LogP contribution in [0.2, 0.25) is 0 Å². The largest absolute Gasteiger partial charge is 2.00 e. The summed E-state index contributed by atoms with van der Waals surface area (Å²) in [6.07, 6.45) is 3.44. The van der Waals surface area contributed by atoms with Gasteiger partial charge in [-0.2, -0.15) is 12.1 Å². The van der Waals surface area contributed by atoms with Gasteiger partial charge in [0.2, 0.25) is 5.88 Å². The van der Waals surface area contributed by atoms with Crippen LogP contribution in [0.15, 0.2) is 73.1 Å². The number of benzene rings is 2. The van der Waals surface area contributed by atoms with Crippen LogP contribution in [0.1, 0.15) is 41.3 Å². The van der Waals surface area contributed by atoms with Crippen molar-refractivity contribution >= 4 is 5.78 Å². The van der Waals surface area contributed by atoms with Crippen molar-refractivity contribution in [3.05, 3.63) is 108 Å². The molecule has 4 rings (SSSR count). The molecule has 31 heavy (non-hydrogen) atoms. The van der Waals surface area contributed by atoms with Gasteiger partial charge in [-0.3, -0.25) is 0 Å². The molecule has 0 fully saturated rings. The van der Waals surface area contributed by atoms with Crippen LogP contribution in [0.25, 0.3) is 0 Å². The summed E-state index contributed by atoms with van der Waals surface area (Å²) in [5.74, 6) is 1.69. The van der Waals surface area contributed by atoms with Gasteiger partial charge in [0.25, 0.3) is 0 Å². The molecule has 0 atom stereocenters. The van der Waals surface area contributed by atoms with Crippen LogP contribution in [0, 0.1) is 12.1 Å². The molecule has 0 N–H and O–H groups in total. The molecule has 0 amide bonds. The van der Waals surface area contributed by atoms with Crippen molar-refractivity contribution in [2.45, 2.75) is 19.3 Å². The summed E-state index contributed by atoms with van der Waals surface area (Å²) in [5, 5.41) is 0. The Balaban J connectivity index is 0.00000272. The minimum absolute atomic E-state index is 0. The molecule has 0 saturated carbocycles. The number of imidazole rings is 1. The van der Waals surface area contributed by atoms with E-state index in [1.54, 1.807) is 30.6 Å². The van der Waals surface area contributed by atoms with E-state index in [2.05, 4.69) is 35.9 Å². The fourth-order valence-corrected chi connectivity index (χ4v) is 3.34. The molecule has 158 valence electrons. The third-order valence-corrected chi connectivity index (χ3v) is 4.92. The van der Waals surface area contributed by atoms with E-state index in [9.17, 15) is 4.79 Å². The molecule has 0 aliphatic carbocycles. The normalized spacial score (nSPS) is 10.9. The maximum absolute atomic E-state index is 12.8. The second-order valence-electron chi connectivity index (χ2n) is 7.49. The third kappa shape index (κ3) is 4.83. The maximum atomic E-state index is 12.8. The Morgan fingerprint density at radius 1 is 1.06 bits per heavy atom. The van der Waals surface area contributed by atoms with Crippen LogP contribution < -0.4 is 4.74 Å². The Bertz CT molecular complexity index is 1170. The van der Waals surface area contributed by atoms with Crippen LogP contribution in [0.3, 0.4) is 0 Å². The van der Waals surface area contributed by atoms with Crippen molar-refractivity contribution < 1.29 is 30.6 Å². The van der Waals surface area contributed by atoms with E-state index in [0.29, 0.717) is 22.9 Å². The Hall–Kier alpha value is -3.04. The Morgan fingerprint density at radius 2 is 1.87 bits per heavy atom. The minimum atomic E-state index is -0.503. The first-order chi connectivity index (χ1) is 14.4. The molecule has 4 aromatic rings. The number of hydrogen-bond donors (Lipinski definition) is 0. The number of pyridine rings is 1. The Kier molecular flexibility index (Phi) is 6.87. The molecule has 2 aromatic heterocycles. The summed E-state index contributed by atoms with van der Waals surface area (Å²) in [4.78, 5) is 21.6. The van der Waals surface area contributed by atoms with Gasteiger partial charge >= 0.3 is 21.1 Å². The second-order valence-corrected chi connectivity index (χ2v) is 7.49. The zero-order valence-corrected chi connectivity index (χ0v) is 19.7. The first-order valence-corrected chi connectivity index (χ1v) is 9.62. The van der Waals surface area contributed by atoms with Gasteiger partial charge < -0.3 is 14.1 Å². The SMILES string of the molecule is Cn1cc(C(=O)c2[c-]cccc2)nc1C(C)(C)c1[c-]c(Oc2ccccn2)ccc1.[Pt+2]. The molecule has 0 radical (unpaired) electrons. The van der Waals surface area contributed by atoms with Crippen LogP contribution >= 0.6 is 0 Å². The molecular formula is C25H21N3O2Pt. The fourth-order valence-electron chi connectivity index (χ4n) is 3.34. The predicted octanol–water partition coefficient (Wildman–Crippen LogP) is 4.76. The quantitative estimate of drug-likeness (QED) is 0.240. The third-order valence-electron chi connectivity index (χ3n) is 4.92. The molecule has 0 bridgehead atoms. The molecule has 5 nitrogen and oxygen atoms in total. The molecule has 0 aliphatic rings. The van der Waals surface area contributed by atoms with Gasteiger partial charge in [-0.25, -0.2) is 9.97 Å². The van der Waals surface area contributed by atoms with E-state index >= 15 is 0 Å². The van der Waals surface area contributed by atoms with E-state index in [4.69, 9.17) is 4.74 Å². The van der Waals surface area contributed by atoms with Crippen molar-refractivity contribution in [3.8, 4) is 11.6 Å². The van der Waals surface area contributed by atoms with Gasteiger partial charge in [0, 0.05) is 36.7 Å². The van der Waals surface area contributed by atoms with E-state index < -0.39 is 5.41 Å². The average molecular weight is 591 g/mol.